The Kier molecular flexibility index (Phi) is 4.49. The third-order valence-electron chi connectivity index (χ3n) is 3.00. The van der Waals surface area contributed by atoms with Crippen LogP contribution in [-0.2, 0) is 11.3 Å². The molecule has 2 N–H and O–H groups in total. The van der Waals surface area contributed by atoms with E-state index in [4.69, 9.17) is 0 Å². The average Bonchev–Trinajstić information content (AvgIpc) is 2.88. The lowest BCUT2D eigenvalue weighted by molar-refractivity contribution is -0.125. The molecule has 1 aromatic rings. The molecular weight excluding hydrogens is 218 g/mol. The Bertz CT molecular complexity index is 332. The molecule has 2 heterocycles. The number of hydrogen-bond donors (Lipinski definition) is 2. The Labute approximate surface area is 101 Å². The first kappa shape index (κ1) is 12.0. The monoisotopic (exact) mass is 237 g/mol. The second kappa shape index (κ2) is 6.34. The highest BCUT2D eigenvalue weighted by Crippen LogP contribution is 2.09. The lowest BCUT2D eigenvalue weighted by atomic mass is 9.99. The van der Waals surface area contributed by atoms with Crippen LogP contribution in [0.5, 0.6) is 0 Å². The first-order chi connectivity index (χ1) is 8.36. The first-order valence-corrected chi connectivity index (χ1v) is 6.19. The molecule has 0 radical (unpaired) electrons. The van der Waals surface area contributed by atoms with Crippen molar-refractivity contribution in [3.05, 3.63) is 12.4 Å². The van der Waals surface area contributed by atoms with Gasteiger partial charge in [0.15, 0.2) is 0 Å². The fraction of sp³-hybridized carbons (Fsp3) is 0.727. The maximum atomic E-state index is 11.8. The average molecular weight is 237 g/mol. The molecule has 0 aromatic carbocycles. The fourth-order valence-corrected chi connectivity index (χ4v) is 2.02. The van der Waals surface area contributed by atoms with E-state index < -0.39 is 0 Å². The highest BCUT2D eigenvalue weighted by molar-refractivity contribution is 5.78. The molecule has 1 amide bonds. The number of piperidine rings is 1. The summed E-state index contributed by atoms with van der Waals surface area (Å²) in [4.78, 5) is 11.8. The topological polar surface area (TPSA) is 71.8 Å². The third-order valence-corrected chi connectivity index (χ3v) is 3.00. The van der Waals surface area contributed by atoms with E-state index in [-0.39, 0.29) is 11.8 Å². The molecule has 1 unspecified atom stereocenters. The van der Waals surface area contributed by atoms with Crippen LogP contribution >= 0.6 is 0 Å². The van der Waals surface area contributed by atoms with Crippen molar-refractivity contribution in [3.8, 4) is 0 Å². The van der Waals surface area contributed by atoms with Crippen LogP contribution < -0.4 is 10.6 Å². The summed E-state index contributed by atoms with van der Waals surface area (Å²) in [5.41, 5.74) is 0. The zero-order valence-corrected chi connectivity index (χ0v) is 9.93. The zero-order chi connectivity index (χ0) is 11.9. The third kappa shape index (κ3) is 3.81. The number of aryl methyl sites for hydroxylation is 1. The minimum absolute atomic E-state index is 0.148. The van der Waals surface area contributed by atoms with E-state index >= 15 is 0 Å². The SMILES string of the molecule is O=C(NCCCn1ccnn1)C1CCCNC1. The molecule has 1 saturated heterocycles. The van der Waals surface area contributed by atoms with Crippen LogP contribution in [0, 0.1) is 5.92 Å². The van der Waals surface area contributed by atoms with Gasteiger partial charge in [-0.1, -0.05) is 5.21 Å². The number of nitrogens with one attached hydrogen (secondary N) is 2. The number of aromatic nitrogens is 3. The lowest BCUT2D eigenvalue weighted by Crippen LogP contribution is -2.40. The van der Waals surface area contributed by atoms with Crippen molar-refractivity contribution in [1.29, 1.82) is 0 Å². The minimum atomic E-state index is 0.148. The maximum absolute atomic E-state index is 11.8. The molecule has 1 aromatic heterocycles. The maximum Gasteiger partial charge on any atom is 0.224 e. The Morgan fingerprint density at radius 1 is 1.59 bits per heavy atom. The lowest BCUT2D eigenvalue weighted by Gasteiger charge is -2.21. The first-order valence-electron chi connectivity index (χ1n) is 6.19. The Hall–Kier alpha value is -1.43. The van der Waals surface area contributed by atoms with Crippen molar-refractivity contribution in [1.82, 2.24) is 25.6 Å². The molecule has 1 fully saturated rings. The van der Waals surface area contributed by atoms with Crippen LogP contribution in [0.4, 0.5) is 0 Å². The van der Waals surface area contributed by atoms with E-state index in [0.717, 1.165) is 38.9 Å². The number of nitrogens with zero attached hydrogens (tertiary/aromatic N) is 3. The largest absolute Gasteiger partial charge is 0.356 e. The van der Waals surface area contributed by atoms with E-state index in [1.54, 1.807) is 10.9 Å². The van der Waals surface area contributed by atoms with Gasteiger partial charge in [0.2, 0.25) is 5.91 Å². The van der Waals surface area contributed by atoms with Crippen molar-refractivity contribution in [2.45, 2.75) is 25.8 Å². The molecule has 1 aliphatic rings. The summed E-state index contributed by atoms with van der Waals surface area (Å²) < 4.78 is 1.77. The van der Waals surface area contributed by atoms with Crippen LogP contribution in [0.3, 0.4) is 0 Å². The predicted octanol–water partition coefficient (Wildman–Crippen LogP) is -0.216. The molecular formula is C11H19N5O. The van der Waals surface area contributed by atoms with Gasteiger partial charge < -0.3 is 10.6 Å². The molecule has 17 heavy (non-hydrogen) atoms. The van der Waals surface area contributed by atoms with Gasteiger partial charge in [-0.25, -0.2) is 0 Å². The number of carbonyl (C=O) groups excluding carboxylic acids is 1. The molecule has 1 atom stereocenters. The van der Waals surface area contributed by atoms with Gasteiger partial charge in [0, 0.05) is 25.8 Å². The molecule has 0 saturated carbocycles. The van der Waals surface area contributed by atoms with Gasteiger partial charge >= 0.3 is 0 Å². The molecule has 94 valence electrons. The summed E-state index contributed by atoms with van der Waals surface area (Å²) in [7, 11) is 0. The summed E-state index contributed by atoms with van der Waals surface area (Å²) in [5.74, 6) is 0.325. The molecule has 0 bridgehead atoms. The van der Waals surface area contributed by atoms with Crippen LogP contribution in [0.2, 0.25) is 0 Å². The van der Waals surface area contributed by atoms with Crippen molar-refractivity contribution in [3.63, 3.8) is 0 Å². The van der Waals surface area contributed by atoms with Crippen LogP contribution in [0.15, 0.2) is 12.4 Å². The van der Waals surface area contributed by atoms with Crippen molar-refractivity contribution in [2.75, 3.05) is 19.6 Å². The van der Waals surface area contributed by atoms with Gasteiger partial charge in [0.05, 0.1) is 12.1 Å². The summed E-state index contributed by atoms with van der Waals surface area (Å²) >= 11 is 0. The van der Waals surface area contributed by atoms with Crippen LogP contribution in [-0.4, -0.2) is 40.5 Å². The van der Waals surface area contributed by atoms with E-state index in [9.17, 15) is 4.79 Å². The number of amides is 1. The van der Waals surface area contributed by atoms with Crippen LogP contribution in [0.1, 0.15) is 19.3 Å². The van der Waals surface area contributed by atoms with Gasteiger partial charge in [-0.2, -0.15) is 0 Å². The molecule has 6 nitrogen and oxygen atoms in total. The van der Waals surface area contributed by atoms with E-state index in [1.165, 1.54) is 0 Å². The minimum Gasteiger partial charge on any atom is -0.356 e. The number of rotatable bonds is 5. The smallest absolute Gasteiger partial charge is 0.224 e. The van der Waals surface area contributed by atoms with Gasteiger partial charge in [-0.3, -0.25) is 9.48 Å². The van der Waals surface area contributed by atoms with Gasteiger partial charge in [0.25, 0.3) is 0 Å². The molecule has 1 aliphatic heterocycles. The Morgan fingerprint density at radius 2 is 2.53 bits per heavy atom. The van der Waals surface area contributed by atoms with Crippen molar-refractivity contribution < 1.29 is 4.79 Å². The summed E-state index contributed by atoms with van der Waals surface area (Å²) in [5, 5.41) is 13.8. The second-order valence-electron chi connectivity index (χ2n) is 4.35. The number of carbonyl (C=O) groups is 1. The van der Waals surface area contributed by atoms with E-state index in [0.29, 0.717) is 6.54 Å². The summed E-state index contributed by atoms with van der Waals surface area (Å²) in [6.45, 7) is 3.35. The zero-order valence-electron chi connectivity index (χ0n) is 9.93. The Morgan fingerprint density at radius 3 is 3.24 bits per heavy atom. The second-order valence-corrected chi connectivity index (χ2v) is 4.35. The molecule has 0 spiro atoms. The van der Waals surface area contributed by atoms with E-state index in [1.807, 2.05) is 6.20 Å². The number of hydrogen-bond acceptors (Lipinski definition) is 4. The molecule has 2 rings (SSSR count). The van der Waals surface area contributed by atoms with Gasteiger partial charge in [-0.15, -0.1) is 5.10 Å². The van der Waals surface area contributed by atoms with Crippen LogP contribution in [0.25, 0.3) is 0 Å². The summed E-state index contributed by atoms with van der Waals surface area (Å²) in [6.07, 6.45) is 6.47. The highest BCUT2D eigenvalue weighted by Gasteiger charge is 2.19. The van der Waals surface area contributed by atoms with E-state index in [2.05, 4.69) is 20.9 Å². The molecule has 6 heteroatoms. The molecule has 0 aliphatic carbocycles. The Balaban J connectivity index is 1.59. The highest BCUT2D eigenvalue weighted by atomic mass is 16.1. The normalized spacial score (nSPS) is 20.1. The standard InChI is InChI=1S/C11H19N5O/c17-11(10-3-1-4-12-9-10)13-5-2-7-16-8-6-14-15-16/h6,8,10,12H,1-5,7,9H2,(H,13,17). The quantitative estimate of drug-likeness (QED) is 0.695. The summed E-state index contributed by atoms with van der Waals surface area (Å²) in [6, 6.07) is 0. The predicted molar refractivity (Wildman–Crippen MR) is 63.2 cm³/mol. The van der Waals surface area contributed by atoms with Crippen molar-refractivity contribution >= 4 is 5.91 Å². The fourth-order valence-electron chi connectivity index (χ4n) is 2.02. The van der Waals surface area contributed by atoms with Gasteiger partial charge in [0.1, 0.15) is 0 Å². The van der Waals surface area contributed by atoms with Gasteiger partial charge in [-0.05, 0) is 25.8 Å². The van der Waals surface area contributed by atoms with Crippen molar-refractivity contribution in [2.24, 2.45) is 5.92 Å².